The third-order valence-electron chi connectivity index (χ3n) is 12.9. The molecule has 3 N–H and O–H groups in total. The van der Waals surface area contributed by atoms with Gasteiger partial charge in [-0.3, -0.25) is 19.2 Å². The van der Waals surface area contributed by atoms with E-state index in [1.165, 1.54) is 0 Å². The Morgan fingerprint density at radius 2 is 1.81 bits per heavy atom. The molecule has 3 aliphatic rings. The summed E-state index contributed by atoms with van der Waals surface area (Å²) in [7, 11) is -3.46. The maximum atomic E-state index is 16.7. The van der Waals surface area contributed by atoms with Crippen LogP contribution in [0.2, 0.25) is 23.7 Å². The number of aromatic nitrogens is 3. The van der Waals surface area contributed by atoms with E-state index in [1.54, 1.807) is 39.7 Å². The largest absolute Gasteiger partial charge is 0.494 e. The maximum Gasteiger partial charge on any atom is 0.264 e. The third kappa shape index (κ3) is 8.69. The van der Waals surface area contributed by atoms with Crippen LogP contribution < -0.4 is 19.9 Å². The SMILES string of the molecule is CCOc1ccc2c(c1)CC(NCCCCO)C(=O)N2c1cccc(CN2C(=O)[C@]3(O[C@H](CCn4cc(C(CO)c5ccccc5)nn4)[C@@H]([Si](C)(C)F)[C@@H]3C)c3cc(Cl)ccc32)c1. The van der Waals surface area contributed by atoms with Gasteiger partial charge >= 0.3 is 0 Å². The molecule has 3 aliphatic heterocycles. The van der Waals surface area contributed by atoms with E-state index in [4.69, 9.17) is 21.1 Å². The minimum Gasteiger partial charge on any atom is -0.494 e. The minimum atomic E-state index is -3.46. The molecule has 0 radical (unpaired) electrons. The van der Waals surface area contributed by atoms with Gasteiger partial charge in [-0.2, -0.15) is 0 Å². The number of hydrogen-bond donors (Lipinski definition) is 3. The van der Waals surface area contributed by atoms with Crippen LogP contribution in [0.15, 0.2) is 97.2 Å². The van der Waals surface area contributed by atoms with Gasteiger partial charge in [-0.25, -0.2) is 0 Å². The van der Waals surface area contributed by atoms with E-state index in [-0.39, 0.29) is 37.5 Å². The van der Waals surface area contributed by atoms with Crippen LogP contribution in [0.4, 0.5) is 21.2 Å². The van der Waals surface area contributed by atoms with Gasteiger partial charge in [0.1, 0.15) is 5.75 Å². The maximum absolute atomic E-state index is 16.7. The number of unbranched alkanes of at least 4 members (excludes halogenated alkanes) is 1. The minimum absolute atomic E-state index is 0.0906. The summed E-state index contributed by atoms with van der Waals surface area (Å²) in [5.74, 6) is -0.516. The molecule has 5 aromatic rings. The van der Waals surface area contributed by atoms with Crippen LogP contribution in [0.5, 0.6) is 5.75 Å². The van der Waals surface area contributed by atoms with E-state index < -0.39 is 37.6 Å². The number of carbonyl (C=O) groups excluding carboxylic acids is 2. The Morgan fingerprint density at radius 1 is 1.02 bits per heavy atom. The van der Waals surface area contributed by atoms with Crippen molar-refractivity contribution < 1.29 is 33.4 Å². The molecule has 1 spiro atoms. The van der Waals surface area contributed by atoms with Gasteiger partial charge in [-0.05, 0) is 117 Å². The number of benzene rings is 4. The van der Waals surface area contributed by atoms with Crippen LogP contribution in [-0.2, 0) is 39.4 Å². The van der Waals surface area contributed by atoms with Crippen LogP contribution in [-0.4, -0.2) is 83.9 Å². The van der Waals surface area contributed by atoms with Gasteiger partial charge in [0.2, 0.25) is 14.3 Å². The summed E-state index contributed by atoms with van der Waals surface area (Å²) in [5, 5.41) is 32.2. The molecule has 4 aromatic carbocycles. The van der Waals surface area contributed by atoms with E-state index in [0.717, 1.165) is 34.5 Å². The number of carbonyl (C=O) groups is 2. The van der Waals surface area contributed by atoms with Gasteiger partial charge in [-0.1, -0.05) is 66.2 Å². The smallest absolute Gasteiger partial charge is 0.264 e. The number of aryl methyl sites for hydroxylation is 1. The van der Waals surface area contributed by atoms with E-state index in [0.29, 0.717) is 66.6 Å². The van der Waals surface area contributed by atoms with Gasteiger partial charge in [0.25, 0.3) is 5.91 Å². The molecular formula is C48H56ClFN6O6Si. The van der Waals surface area contributed by atoms with Gasteiger partial charge in [-0.15, -0.1) is 5.10 Å². The van der Waals surface area contributed by atoms with Gasteiger partial charge in [0, 0.05) is 47.1 Å². The lowest BCUT2D eigenvalue weighted by Gasteiger charge is -2.35. The highest BCUT2D eigenvalue weighted by atomic mass is 35.5. The van der Waals surface area contributed by atoms with Crippen LogP contribution in [0.1, 0.15) is 67.0 Å². The first-order chi connectivity index (χ1) is 30.4. The second-order valence-corrected chi connectivity index (χ2v) is 21.6. The molecule has 8 rings (SSSR count). The molecule has 332 valence electrons. The summed E-state index contributed by atoms with van der Waals surface area (Å²) in [6, 6.07) is 28.0. The first-order valence-electron chi connectivity index (χ1n) is 21.9. The zero-order chi connectivity index (χ0) is 44.5. The number of hydrogen-bond acceptors (Lipinski definition) is 9. The van der Waals surface area contributed by atoms with Crippen LogP contribution in [0.25, 0.3) is 0 Å². The molecule has 1 saturated heterocycles. The highest BCUT2D eigenvalue weighted by Crippen LogP contribution is 2.60. The van der Waals surface area contributed by atoms with Crippen molar-refractivity contribution in [3.8, 4) is 5.75 Å². The van der Waals surface area contributed by atoms with Crippen molar-refractivity contribution in [2.75, 3.05) is 36.2 Å². The van der Waals surface area contributed by atoms with Crippen molar-refractivity contribution in [3.05, 3.63) is 130 Å². The van der Waals surface area contributed by atoms with Gasteiger partial charge in [0.05, 0.1) is 54.9 Å². The molecule has 12 nitrogen and oxygen atoms in total. The van der Waals surface area contributed by atoms with Crippen LogP contribution >= 0.6 is 11.6 Å². The third-order valence-corrected chi connectivity index (χ3v) is 15.6. The van der Waals surface area contributed by atoms with E-state index in [1.807, 2.05) is 98.9 Å². The van der Waals surface area contributed by atoms with Crippen LogP contribution in [0.3, 0.4) is 0 Å². The molecule has 4 heterocycles. The number of ether oxygens (including phenoxy) is 2. The Labute approximate surface area is 374 Å². The molecule has 2 unspecified atom stereocenters. The van der Waals surface area contributed by atoms with Crippen molar-refractivity contribution in [1.82, 2.24) is 20.3 Å². The summed E-state index contributed by atoms with van der Waals surface area (Å²) < 4.78 is 31.2. The Kier molecular flexibility index (Phi) is 13.2. The summed E-state index contributed by atoms with van der Waals surface area (Å²) in [6.07, 6.45) is 3.45. The first kappa shape index (κ1) is 44.6. The molecule has 6 atom stereocenters. The normalized spacial score (nSPS) is 22.5. The van der Waals surface area contributed by atoms with Crippen LogP contribution in [0, 0.1) is 5.92 Å². The monoisotopic (exact) mass is 894 g/mol. The second-order valence-electron chi connectivity index (χ2n) is 17.4. The standard InChI is InChI=1S/C48H56ClFN6O6Si/c1-5-61-37-17-19-42-34(25-37)26-40(51-21-9-10-23-57)46(59)56(42)36-15-11-12-32(24-36)28-55-43-18-16-35(49)27-39(43)48(47(55)60)31(2)45(63(3,4)50)44(62-48)20-22-54-29-41(52-53-54)38(30-58)33-13-7-6-8-14-33/h6-8,11-19,24-25,27,29,31,38,40,44-45,51,57-58H,5,9-10,20-23,26,28,30H2,1-4H3/t31-,38?,40?,44+,45-,48+/m0/s1. The Morgan fingerprint density at radius 3 is 2.56 bits per heavy atom. The zero-order valence-electron chi connectivity index (χ0n) is 36.2. The molecular weight excluding hydrogens is 839 g/mol. The average Bonchev–Trinajstić information content (AvgIpc) is 3.92. The summed E-state index contributed by atoms with van der Waals surface area (Å²) in [6.45, 7) is 8.81. The van der Waals surface area contributed by atoms with E-state index >= 15 is 8.90 Å². The fraction of sp³-hybridized carbons (Fsp3) is 0.417. The highest BCUT2D eigenvalue weighted by Gasteiger charge is 2.66. The van der Waals surface area contributed by atoms with E-state index in [9.17, 15) is 15.0 Å². The summed E-state index contributed by atoms with van der Waals surface area (Å²) >= 11 is 6.68. The van der Waals surface area contributed by atoms with Crippen molar-refractivity contribution in [2.45, 2.75) is 94.9 Å². The van der Waals surface area contributed by atoms with Crippen molar-refractivity contribution >= 4 is 48.9 Å². The highest BCUT2D eigenvalue weighted by molar-refractivity contribution is 6.72. The molecule has 1 fully saturated rings. The number of aliphatic hydroxyl groups excluding tert-OH is 2. The lowest BCUT2D eigenvalue weighted by molar-refractivity contribution is -0.146. The fourth-order valence-corrected chi connectivity index (χ4v) is 12.8. The molecule has 63 heavy (non-hydrogen) atoms. The molecule has 0 bridgehead atoms. The number of rotatable bonds is 17. The molecule has 2 amide bonds. The van der Waals surface area contributed by atoms with Crippen molar-refractivity contribution in [2.24, 2.45) is 5.92 Å². The van der Waals surface area contributed by atoms with Crippen molar-refractivity contribution in [1.29, 1.82) is 0 Å². The lowest BCUT2D eigenvalue weighted by Crippen LogP contribution is -2.49. The van der Waals surface area contributed by atoms with E-state index in [2.05, 4.69) is 15.6 Å². The van der Waals surface area contributed by atoms with Gasteiger partial charge < -0.3 is 34.0 Å². The fourth-order valence-electron chi connectivity index (χ4n) is 10.0. The Hall–Kier alpha value is -4.96. The number of aliphatic hydroxyl groups is 2. The predicted octanol–water partition coefficient (Wildman–Crippen LogP) is 7.82. The number of nitrogens with zero attached hydrogens (tertiary/aromatic N) is 5. The van der Waals surface area contributed by atoms with Gasteiger partial charge in [0.15, 0.2) is 5.60 Å². The number of halogens is 2. The zero-order valence-corrected chi connectivity index (χ0v) is 38.0. The predicted molar refractivity (Wildman–Crippen MR) is 244 cm³/mol. The first-order valence-corrected chi connectivity index (χ1v) is 25.3. The number of anilines is 3. The summed E-state index contributed by atoms with van der Waals surface area (Å²) in [5.41, 5.74) is 3.97. The number of fused-ring (bicyclic) bond motifs is 3. The number of nitrogens with one attached hydrogen (secondary N) is 1. The summed E-state index contributed by atoms with van der Waals surface area (Å²) in [4.78, 5) is 33.0. The Balaban J connectivity index is 1.08. The molecule has 15 heteroatoms. The topological polar surface area (TPSA) is 142 Å². The lowest BCUT2D eigenvalue weighted by atomic mass is 9.82. The molecule has 1 aromatic heterocycles. The molecule has 0 aliphatic carbocycles. The average molecular weight is 896 g/mol. The van der Waals surface area contributed by atoms with Crippen molar-refractivity contribution in [3.63, 3.8) is 0 Å². The molecule has 0 saturated carbocycles. The second kappa shape index (κ2) is 18.6. The number of amides is 2. The Bertz CT molecular complexity index is 2430. The quantitative estimate of drug-likeness (QED) is 0.0484.